The molecule has 0 aromatic heterocycles. The van der Waals surface area contributed by atoms with E-state index in [2.05, 4.69) is 10.6 Å². The van der Waals surface area contributed by atoms with Crippen LogP contribution in [0.15, 0.2) is 12.1 Å². The molecule has 0 aliphatic rings. The first-order valence-corrected chi connectivity index (χ1v) is 7.40. The van der Waals surface area contributed by atoms with Crippen molar-refractivity contribution in [1.29, 1.82) is 0 Å². The first kappa shape index (κ1) is 18.7. The Morgan fingerprint density at radius 3 is 2.00 bits per heavy atom. The smallest absolute Gasteiger partial charge is 0.303 e. The highest BCUT2D eigenvalue weighted by molar-refractivity contribution is 5.94. The minimum atomic E-state index is -0.922. The molecule has 0 heterocycles. The predicted molar refractivity (Wildman–Crippen MR) is 89.5 cm³/mol. The molecule has 0 atom stereocenters. The van der Waals surface area contributed by atoms with Crippen LogP contribution in [-0.4, -0.2) is 22.9 Å². The van der Waals surface area contributed by atoms with E-state index in [0.29, 0.717) is 5.69 Å². The Bertz CT molecular complexity index is 612. The van der Waals surface area contributed by atoms with Crippen molar-refractivity contribution in [1.82, 2.24) is 0 Å². The van der Waals surface area contributed by atoms with Crippen LogP contribution in [0.25, 0.3) is 0 Å². The van der Waals surface area contributed by atoms with Gasteiger partial charge in [-0.1, -0.05) is 13.8 Å². The Kier molecular flexibility index (Phi) is 5.90. The zero-order chi connectivity index (χ0) is 17.8. The Morgan fingerprint density at radius 1 is 1.04 bits per heavy atom. The van der Waals surface area contributed by atoms with Gasteiger partial charge in [0.1, 0.15) is 0 Å². The largest absolute Gasteiger partial charge is 0.481 e. The highest BCUT2D eigenvalue weighted by Crippen LogP contribution is 2.28. The van der Waals surface area contributed by atoms with E-state index in [9.17, 15) is 14.4 Å². The quantitative estimate of drug-likeness (QED) is 0.750. The Balaban J connectivity index is 2.83. The molecule has 0 unspecified atom stereocenters. The van der Waals surface area contributed by atoms with Gasteiger partial charge in [-0.2, -0.15) is 0 Å². The molecule has 0 saturated heterocycles. The standard InChI is InChI=1S/C17H24N2O4/c1-10-6-13(7-11(2)16(10)18-12(3)20)19-14(21)8-17(4,5)9-15(22)23/h6-7H,8-9H2,1-5H3,(H,18,20)(H,19,21)(H,22,23). The van der Waals surface area contributed by atoms with Gasteiger partial charge in [-0.25, -0.2) is 0 Å². The van der Waals surface area contributed by atoms with Crippen LogP contribution in [0.4, 0.5) is 11.4 Å². The number of carbonyl (C=O) groups excluding carboxylic acids is 2. The van der Waals surface area contributed by atoms with Crippen molar-refractivity contribution in [3.05, 3.63) is 23.3 Å². The zero-order valence-electron chi connectivity index (χ0n) is 14.2. The molecule has 0 fully saturated rings. The summed E-state index contributed by atoms with van der Waals surface area (Å²) in [6.07, 6.45) is 0.0464. The number of benzene rings is 1. The van der Waals surface area contributed by atoms with Gasteiger partial charge < -0.3 is 15.7 Å². The lowest BCUT2D eigenvalue weighted by Gasteiger charge is -2.22. The second-order valence-corrected chi connectivity index (χ2v) is 6.63. The molecule has 1 aromatic rings. The summed E-state index contributed by atoms with van der Waals surface area (Å²) in [6.45, 7) is 8.64. The molecule has 0 bridgehead atoms. The SMILES string of the molecule is CC(=O)Nc1c(C)cc(NC(=O)CC(C)(C)CC(=O)O)cc1C. The van der Waals surface area contributed by atoms with Crippen molar-refractivity contribution in [2.45, 2.75) is 47.5 Å². The summed E-state index contributed by atoms with van der Waals surface area (Å²) >= 11 is 0. The summed E-state index contributed by atoms with van der Waals surface area (Å²) in [4.78, 5) is 34.1. The van der Waals surface area contributed by atoms with Crippen molar-refractivity contribution in [3.8, 4) is 0 Å². The van der Waals surface area contributed by atoms with E-state index >= 15 is 0 Å². The molecule has 1 rings (SSSR count). The van der Waals surface area contributed by atoms with E-state index in [0.717, 1.165) is 16.8 Å². The summed E-state index contributed by atoms with van der Waals surface area (Å²) in [5.74, 6) is -1.31. The highest BCUT2D eigenvalue weighted by Gasteiger charge is 2.25. The first-order valence-electron chi connectivity index (χ1n) is 7.40. The molecule has 2 amide bonds. The van der Waals surface area contributed by atoms with Crippen molar-refractivity contribution < 1.29 is 19.5 Å². The summed E-state index contributed by atoms with van der Waals surface area (Å²) in [5, 5.41) is 14.4. The number of aryl methyl sites for hydroxylation is 2. The minimum absolute atomic E-state index is 0.0695. The van der Waals surface area contributed by atoms with Crippen LogP contribution in [0, 0.1) is 19.3 Å². The number of carboxylic acids is 1. The molecule has 0 aliphatic carbocycles. The van der Waals surface area contributed by atoms with Crippen molar-refractivity contribution >= 4 is 29.2 Å². The zero-order valence-corrected chi connectivity index (χ0v) is 14.2. The monoisotopic (exact) mass is 320 g/mol. The highest BCUT2D eigenvalue weighted by atomic mass is 16.4. The maximum atomic E-state index is 12.1. The van der Waals surface area contributed by atoms with Gasteiger partial charge >= 0.3 is 5.97 Å². The maximum absolute atomic E-state index is 12.1. The average molecular weight is 320 g/mol. The molecule has 126 valence electrons. The molecule has 0 saturated carbocycles. The predicted octanol–water partition coefficient (Wildman–Crippen LogP) is 3.09. The third-order valence-corrected chi connectivity index (χ3v) is 3.39. The van der Waals surface area contributed by atoms with E-state index in [1.54, 1.807) is 26.0 Å². The van der Waals surface area contributed by atoms with E-state index in [4.69, 9.17) is 5.11 Å². The van der Waals surface area contributed by atoms with E-state index in [-0.39, 0.29) is 24.7 Å². The number of anilines is 2. The van der Waals surface area contributed by atoms with Gasteiger partial charge in [0.25, 0.3) is 0 Å². The molecule has 3 N–H and O–H groups in total. The van der Waals surface area contributed by atoms with Crippen LogP contribution < -0.4 is 10.6 Å². The number of nitrogens with one attached hydrogen (secondary N) is 2. The molecular formula is C17H24N2O4. The fourth-order valence-corrected chi connectivity index (χ4v) is 2.52. The molecule has 0 spiro atoms. The minimum Gasteiger partial charge on any atom is -0.481 e. The molecule has 23 heavy (non-hydrogen) atoms. The second kappa shape index (κ2) is 7.26. The Labute approximate surface area is 136 Å². The van der Waals surface area contributed by atoms with Crippen LogP contribution in [-0.2, 0) is 14.4 Å². The van der Waals surface area contributed by atoms with Gasteiger partial charge in [-0.15, -0.1) is 0 Å². The Morgan fingerprint density at radius 2 is 1.57 bits per heavy atom. The van der Waals surface area contributed by atoms with Gasteiger partial charge in [-0.3, -0.25) is 14.4 Å². The second-order valence-electron chi connectivity index (χ2n) is 6.63. The van der Waals surface area contributed by atoms with Gasteiger partial charge in [0.2, 0.25) is 11.8 Å². The Hall–Kier alpha value is -2.37. The third-order valence-electron chi connectivity index (χ3n) is 3.39. The number of aliphatic carboxylic acids is 1. The summed E-state index contributed by atoms with van der Waals surface area (Å²) in [7, 11) is 0. The summed E-state index contributed by atoms with van der Waals surface area (Å²) in [6, 6.07) is 3.56. The van der Waals surface area contributed by atoms with Crippen molar-refractivity contribution in [2.24, 2.45) is 5.41 Å². The van der Waals surface area contributed by atoms with Crippen LogP contribution in [0.3, 0.4) is 0 Å². The number of hydrogen-bond donors (Lipinski definition) is 3. The third kappa shape index (κ3) is 6.10. The number of carboxylic acid groups (broad SMARTS) is 1. The van der Waals surface area contributed by atoms with Crippen LogP contribution in [0.5, 0.6) is 0 Å². The summed E-state index contributed by atoms with van der Waals surface area (Å²) < 4.78 is 0. The van der Waals surface area contributed by atoms with Crippen LogP contribution in [0.2, 0.25) is 0 Å². The van der Waals surface area contributed by atoms with E-state index in [1.807, 2.05) is 13.8 Å². The normalized spacial score (nSPS) is 11.0. The lowest BCUT2D eigenvalue weighted by Crippen LogP contribution is -2.25. The molecule has 0 radical (unpaired) electrons. The summed E-state index contributed by atoms with van der Waals surface area (Å²) in [5.41, 5.74) is 2.45. The first-order chi connectivity index (χ1) is 10.5. The molecule has 1 aromatic carbocycles. The lowest BCUT2D eigenvalue weighted by molar-refractivity contribution is -0.139. The lowest BCUT2D eigenvalue weighted by atomic mass is 9.85. The number of hydrogen-bond acceptors (Lipinski definition) is 3. The molecule has 6 nitrogen and oxygen atoms in total. The molecule has 0 aliphatic heterocycles. The molecular weight excluding hydrogens is 296 g/mol. The van der Waals surface area contributed by atoms with Gasteiger partial charge in [0.05, 0.1) is 6.42 Å². The van der Waals surface area contributed by atoms with Gasteiger partial charge in [0.15, 0.2) is 0 Å². The van der Waals surface area contributed by atoms with Crippen LogP contribution in [0.1, 0.15) is 44.7 Å². The van der Waals surface area contributed by atoms with Gasteiger partial charge in [0, 0.05) is 24.7 Å². The fraction of sp³-hybridized carbons (Fsp3) is 0.471. The number of amides is 2. The van der Waals surface area contributed by atoms with E-state index in [1.165, 1.54) is 6.92 Å². The topological polar surface area (TPSA) is 95.5 Å². The molecule has 6 heteroatoms. The number of carbonyl (C=O) groups is 3. The van der Waals surface area contributed by atoms with E-state index < -0.39 is 11.4 Å². The fourth-order valence-electron chi connectivity index (χ4n) is 2.52. The van der Waals surface area contributed by atoms with Crippen molar-refractivity contribution in [2.75, 3.05) is 10.6 Å². The van der Waals surface area contributed by atoms with Gasteiger partial charge in [-0.05, 0) is 42.5 Å². The van der Waals surface area contributed by atoms with Crippen LogP contribution >= 0.6 is 0 Å². The maximum Gasteiger partial charge on any atom is 0.303 e. The number of rotatable bonds is 6. The van der Waals surface area contributed by atoms with Crippen molar-refractivity contribution in [3.63, 3.8) is 0 Å². The average Bonchev–Trinajstić information content (AvgIpc) is 2.30.